The second-order valence-electron chi connectivity index (χ2n) is 11.2. The number of alkyl carbamates (subject to hydrolysis) is 1. The number of aliphatic carboxylic acids is 1. The maximum Gasteiger partial charge on any atom is 0.407 e. The molecule has 3 aliphatic carbocycles. The summed E-state index contributed by atoms with van der Waals surface area (Å²) in [5.74, 6) is -1.14. The lowest BCUT2D eigenvalue weighted by Gasteiger charge is -2.45. The van der Waals surface area contributed by atoms with Crippen molar-refractivity contribution in [3.05, 3.63) is 59.7 Å². The molecule has 7 rings (SSSR count). The van der Waals surface area contributed by atoms with Gasteiger partial charge < -0.3 is 20.1 Å². The number of rotatable bonds is 6. The lowest BCUT2D eigenvalue weighted by Crippen LogP contribution is -2.60. The molecule has 7 nitrogen and oxygen atoms in total. The van der Waals surface area contributed by atoms with Gasteiger partial charge in [-0.2, -0.15) is 0 Å². The molecule has 2 aromatic carbocycles. The van der Waals surface area contributed by atoms with Crippen molar-refractivity contribution < 1.29 is 24.2 Å². The van der Waals surface area contributed by atoms with Gasteiger partial charge in [0, 0.05) is 12.5 Å². The summed E-state index contributed by atoms with van der Waals surface area (Å²) in [6.07, 6.45) is 2.90. The Balaban J connectivity index is 1.12. The Labute approximate surface area is 204 Å². The number of carbonyl (C=O) groups excluding carboxylic acids is 2. The number of carbonyl (C=O) groups is 3. The standard InChI is InChI=1S/C28H30N2O5/c1-26-15-28(16-26,24(32)33)30(17-26)23(31)13-27(11-6-12-27)29-25(34)35-14-22-20-9-4-2-7-18(20)19-8-3-5-10-21(19)22/h2-5,7-10,22H,6,11-17H2,1H3,(H,29,34)(H,32,33). The summed E-state index contributed by atoms with van der Waals surface area (Å²) < 4.78 is 5.71. The number of fused-ring (bicyclic) bond motifs is 4. The van der Waals surface area contributed by atoms with E-state index < -0.39 is 23.1 Å². The Hall–Kier alpha value is -3.35. The van der Waals surface area contributed by atoms with Gasteiger partial charge in [0.05, 0.1) is 12.0 Å². The van der Waals surface area contributed by atoms with Crippen molar-refractivity contribution in [2.75, 3.05) is 13.2 Å². The number of carboxylic acids is 1. The monoisotopic (exact) mass is 474 g/mol. The first kappa shape index (κ1) is 22.1. The van der Waals surface area contributed by atoms with Crippen molar-refractivity contribution in [1.29, 1.82) is 0 Å². The number of carboxylic acid groups (broad SMARTS) is 1. The average Bonchev–Trinajstić information content (AvgIpc) is 3.40. The fourth-order valence-corrected chi connectivity index (χ4v) is 6.97. The summed E-state index contributed by atoms with van der Waals surface area (Å²) in [7, 11) is 0. The molecular weight excluding hydrogens is 444 g/mol. The van der Waals surface area contributed by atoms with Crippen LogP contribution in [-0.4, -0.2) is 52.2 Å². The molecule has 2 amide bonds. The number of nitrogens with one attached hydrogen (secondary N) is 1. The van der Waals surface area contributed by atoms with Crippen molar-refractivity contribution in [3.63, 3.8) is 0 Å². The van der Waals surface area contributed by atoms with Crippen LogP contribution in [0.1, 0.15) is 62.5 Å². The third-order valence-corrected chi connectivity index (χ3v) is 8.71. The Bertz CT molecular complexity index is 1180. The third kappa shape index (κ3) is 3.35. The summed E-state index contributed by atoms with van der Waals surface area (Å²) >= 11 is 0. The van der Waals surface area contributed by atoms with Gasteiger partial charge in [0.15, 0.2) is 0 Å². The van der Waals surface area contributed by atoms with Gasteiger partial charge in [-0.25, -0.2) is 9.59 Å². The van der Waals surface area contributed by atoms with Crippen molar-refractivity contribution in [1.82, 2.24) is 10.2 Å². The third-order valence-electron chi connectivity index (χ3n) is 8.71. The van der Waals surface area contributed by atoms with Gasteiger partial charge in [-0.3, -0.25) is 4.79 Å². The van der Waals surface area contributed by atoms with Crippen LogP contribution in [-0.2, 0) is 14.3 Å². The Morgan fingerprint density at radius 3 is 2.17 bits per heavy atom. The summed E-state index contributed by atoms with van der Waals surface area (Å²) in [5.41, 5.74) is 2.80. The van der Waals surface area contributed by atoms with E-state index in [1.54, 1.807) is 4.90 Å². The van der Waals surface area contributed by atoms with Crippen LogP contribution in [0.5, 0.6) is 0 Å². The Morgan fingerprint density at radius 2 is 1.63 bits per heavy atom. The first-order valence-corrected chi connectivity index (χ1v) is 12.4. The molecule has 2 aliphatic heterocycles. The van der Waals surface area contributed by atoms with Gasteiger partial charge in [-0.15, -0.1) is 0 Å². The van der Waals surface area contributed by atoms with Crippen molar-refractivity contribution in [2.45, 2.75) is 62.4 Å². The highest BCUT2D eigenvalue weighted by atomic mass is 16.5. The van der Waals surface area contributed by atoms with E-state index in [4.69, 9.17) is 4.74 Å². The zero-order valence-corrected chi connectivity index (χ0v) is 19.9. The fourth-order valence-electron chi connectivity index (χ4n) is 6.97. The van der Waals surface area contributed by atoms with Gasteiger partial charge in [-0.05, 0) is 59.8 Å². The predicted molar refractivity (Wildman–Crippen MR) is 129 cm³/mol. The predicted octanol–water partition coefficient (Wildman–Crippen LogP) is 4.30. The number of benzene rings is 2. The number of hydrogen-bond acceptors (Lipinski definition) is 4. The van der Waals surface area contributed by atoms with Crippen molar-refractivity contribution in [3.8, 4) is 11.1 Å². The highest BCUT2D eigenvalue weighted by Crippen LogP contribution is 2.59. The molecule has 2 bridgehead atoms. The molecule has 2 saturated carbocycles. The molecule has 0 atom stereocenters. The Morgan fingerprint density at radius 1 is 1.03 bits per heavy atom. The van der Waals surface area contributed by atoms with E-state index in [1.807, 2.05) is 31.2 Å². The Kier molecular flexibility index (Phi) is 4.79. The van der Waals surface area contributed by atoms with E-state index in [2.05, 4.69) is 29.6 Å². The molecule has 0 spiro atoms. The molecule has 182 valence electrons. The summed E-state index contributed by atoms with van der Waals surface area (Å²) in [5, 5.41) is 12.8. The van der Waals surface area contributed by atoms with E-state index in [-0.39, 0.29) is 30.3 Å². The summed E-state index contributed by atoms with van der Waals surface area (Å²) in [6.45, 7) is 2.73. The first-order chi connectivity index (χ1) is 16.7. The van der Waals surface area contributed by atoms with E-state index in [1.165, 1.54) is 11.1 Å². The van der Waals surface area contributed by atoms with Gasteiger partial charge in [0.25, 0.3) is 0 Å². The van der Waals surface area contributed by atoms with Gasteiger partial charge in [-0.1, -0.05) is 55.5 Å². The van der Waals surface area contributed by atoms with Crippen LogP contribution in [0.25, 0.3) is 11.1 Å². The maximum absolute atomic E-state index is 13.2. The van der Waals surface area contributed by atoms with Gasteiger partial charge in [0.2, 0.25) is 5.91 Å². The van der Waals surface area contributed by atoms with Gasteiger partial charge >= 0.3 is 12.1 Å². The molecule has 2 heterocycles. The zero-order chi connectivity index (χ0) is 24.4. The second kappa shape index (κ2) is 7.57. The molecule has 0 unspecified atom stereocenters. The van der Waals surface area contributed by atoms with E-state index in [9.17, 15) is 19.5 Å². The second-order valence-corrected chi connectivity index (χ2v) is 11.2. The normalized spacial score (nSPS) is 27.3. The molecule has 2 saturated heterocycles. The van der Waals surface area contributed by atoms with Crippen LogP contribution in [0.2, 0.25) is 0 Å². The number of ether oxygens (including phenoxy) is 1. The van der Waals surface area contributed by atoms with Crippen molar-refractivity contribution >= 4 is 18.0 Å². The van der Waals surface area contributed by atoms with Crippen LogP contribution < -0.4 is 5.32 Å². The molecule has 35 heavy (non-hydrogen) atoms. The van der Waals surface area contributed by atoms with Crippen LogP contribution in [0, 0.1) is 5.41 Å². The van der Waals surface area contributed by atoms with Crippen molar-refractivity contribution in [2.24, 2.45) is 5.41 Å². The minimum Gasteiger partial charge on any atom is -0.479 e. The molecule has 7 heteroatoms. The summed E-state index contributed by atoms with van der Waals surface area (Å²) in [6, 6.07) is 16.4. The molecule has 2 N–H and O–H groups in total. The molecular formula is C28H30N2O5. The largest absolute Gasteiger partial charge is 0.479 e. The number of hydrogen-bond donors (Lipinski definition) is 2. The number of amides is 2. The van der Waals surface area contributed by atoms with Crippen LogP contribution in [0.15, 0.2) is 48.5 Å². The quantitative estimate of drug-likeness (QED) is 0.651. The molecule has 5 aliphatic rings. The zero-order valence-electron chi connectivity index (χ0n) is 19.9. The van der Waals surface area contributed by atoms with Gasteiger partial charge in [0.1, 0.15) is 12.1 Å². The number of nitrogens with zero attached hydrogens (tertiary/aromatic N) is 1. The fraction of sp³-hybridized carbons (Fsp3) is 0.464. The lowest BCUT2D eigenvalue weighted by atomic mass is 9.63. The van der Waals surface area contributed by atoms with Crippen LogP contribution in [0.4, 0.5) is 4.79 Å². The minimum atomic E-state index is -1.07. The lowest BCUT2D eigenvalue weighted by molar-refractivity contribution is -0.160. The van der Waals surface area contributed by atoms with E-state index in [0.29, 0.717) is 32.2 Å². The highest BCUT2D eigenvalue weighted by Gasteiger charge is 2.68. The molecule has 2 aromatic rings. The highest BCUT2D eigenvalue weighted by molar-refractivity contribution is 5.90. The maximum atomic E-state index is 13.2. The molecule has 0 aromatic heterocycles. The molecule has 0 radical (unpaired) electrons. The summed E-state index contributed by atoms with van der Waals surface area (Å²) in [4.78, 5) is 39.6. The topological polar surface area (TPSA) is 95.9 Å². The van der Waals surface area contributed by atoms with E-state index >= 15 is 0 Å². The SMILES string of the molecule is CC12CN(C(=O)CC3(NC(=O)OCC4c5ccccc5-c5ccccc54)CCC3)C(C(=O)O)(C1)C2. The van der Waals surface area contributed by atoms with E-state index in [0.717, 1.165) is 17.5 Å². The molecule has 4 fully saturated rings. The first-order valence-electron chi connectivity index (χ1n) is 12.4. The smallest absolute Gasteiger partial charge is 0.407 e. The minimum absolute atomic E-state index is 0.0281. The average molecular weight is 475 g/mol. The van der Waals surface area contributed by atoms with Crippen LogP contribution >= 0.6 is 0 Å². The van der Waals surface area contributed by atoms with Crippen LogP contribution in [0.3, 0.4) is 0 Å².